The molecule has 1 fully saturated rings. The zero-order chi connectivity index (χ0) is 20.4. The lowest BCUT2D eigenvalue weighted by atomic mass is 9.95. The average Bonchev–Trinajstić information content (AvgIpc) is 2.91. The number of nitrogens with zero attached hydrogens (tertiary/aromatic N) is 1. The van der Waals surface area contributed by atoms with Gasteiger partial charge in [0.2, 0.25) is 0 Å². The van der Waals surface area contributed by atoms with E-state index in [0.29, 0.717) is 6.54 Å². The molecule has 1 atom stereocenters. The summed E-state index contributed by atoms with van der Waals surface area (Å²) in [5, 5.41) is 10.7. The van der Waals surface area contributed by atoms with Gasteiger partial charge in [0, 0.05) is 11.1 Å². The molecule has 3 rings (SSSR count). The predicted octanol–water partition coefficient (Wildman–Crippen LogP) is 1.53. The van der Waals surface area contributed by atoms with E-state index in [4.69, 9.17) is 0 Å². The highest BCUT2D eigenvalue weighted by atomic mass is 19.1. The minimum absolute atomic E-state index is 0.124. The van der Waals surface area contributed by atoms with Crippen molar-refractivity contribution < 1.29 is 28.4 Å². The first kappa shape index (κ1) is 19.7. The van der Waals surface area contributed by atoms with Gasteiger partial charge >= 0.3 is 0 Å². The minimum atomic E-state index is -1.05. The van der Waals surface area contributed by atoms with E-state index in [1.54, 1.807) is 6.07 Å². The summed E-state index contributed by atoms with van der Waals surface area (Å²) in [5.74, 6) is -3.22. The highest BCUT2D eigenvalue weighted by Crippen LogP contribution is 2.39. The standard InChI is InChI=1S/C21H20F2N2O3/c1-24(2)11-12-25-18(15-5-3-4-6-16(15)23)17(20(27)21(25)28)19(26)13-7-9-14(22)10-8-13/h3-10,18,26H,11-12H2,1-2H3/p+1/t18-/m0/s1. The quantitative estimate of drug-likeness (QED) is 0.465. The Labute approximate surface area is 161 Å². The van der Waals surface area contributed by atoms with Crippen molar-refractivity contribution >= 4 is 17.4 Å². The molecule has 0 radical (unpaired) electrons. The number of quaternary nitrogens is 1. The SMILES string of the molecule is C[NH+](C)CCN1C(=O)C(=O)C(=C(O)c2ccc(F)cc2)[C@@H]1c1ccccc1F. The largest absolute Gasteiger partial charge is 0.507 e. The molecule has 1 saturated heterocycles. The topological polar surface area (TPSA) is 62.0 Å². The number of benzene rings is 2. The van der Waals surface area contributed by atoms with Gasteiger partial charge in [0.05, 0.1) is 38.8 Å². The van der Waals surface area contributed by atoms with Crippen molar-refractivity contribution in [3.8, 4) is 0 Å². The fourth-order valence-corrected chi connectivity index (χ4v) is 3.24. The number of hydrogen-bond donors (Lipinski definition) is 2. The number of Topliss-reactive ketones (excluding diaryl/α,β-unsaturated/α-hetero) is 1. The van der Waals surface area contributed by atoms with Crippen LogP contribution in [0.25, 0.3) is 5.76 Å². The molecule has 7 heteroatoms. The zero-order valence-electron chi connectivity index (χ0n) is 15.6. The first-order chi connectivity index (χ1) is 13.3. The van der Waals surface area contributed by atoms with Crippen molar-refractivity contribution in [2.24, 2.45) is 0 Å². The number of halogens is 2. The lowest BCUT2D eigenvalue weighted by Crippen LogP contribution is -3.06. The number of carbonyl (C=O) groups is 2. The normalized spacial score (nSPS) is 18.9. The number of hydrogen-bond acceptors (Lipinski definition) is 3. The lowest BCUT2D eigenvalue weighted by molar-refractivity contribution is -0.857. The third-order valence-electron chi connectivity index (χ3n) is 4.71. The summed E-state index contributed by atoms with van der Waals surface area (Å²) in [6.07, 6.45) is 0. The van der Waals surface area contributed by atoms with E-state index in [1.807, 2.05) is 14.1 Å². The average molecular weight is 387 g/mol. The van der Waals surface area contributed by atoms with Gasteiger partial charge in [0.1, 0.15) is 17.4 Å². The molecule has 1 amide bonds. The number of ketones is 1. The lowest BCUT2D eigenvalue weighted by Gasteiger charge is -2.25. The van der Waals surface area contributed by atoms with Crippen LogP contribution < -0.4 is 4.90 Å². The summed E-state index contributed by atoms with van der Waals surface area (Å²) in [5.41, 5.74) is 0.105. The number of aliphatic hydroxyl groups excluding tert-OH is 1. The van der Waals surface area contributed by atoms with Crippen LogP contribution in [0.5, 0.6) is 0 Å². The van der Waals surface area contributed by atoms with E-state index in [9.17, 15) is 23.5 Å². The van der Waals surface area contributed by atoms with Crippen molar-refractivity contribution in [1.82, 2.24) is 4.90 Å². The van der Waals surface area contributed by atoms with E-state index < -0.39 is 35.1 Å². The van der Waals surface area contributed by atoms with Crippen LogP contribution >= 0.6 is 0 Å². The molecular formula is C21H21F2N2O3+. The molecule has 28 heavy (non-hydrogen) atoms. The number of likely N-dealkylation sites (N-methyl/N-ethyl adjacent to an activating group) is 1. The second-order valence-corrected chi connectivity index (χ2v) is 6.98. The summed E-state index contributed by atoms with van der Waals surface area (Å²) in [4.78, 5) is 27.7. The van der Waals surface area contributed by atoms with E-state index in [0.717, 1.165) is 17.0 Å². The van der Waals surface area contributed by atoms with Crippen molar-refractivity contribution in [3.63, 3.8) is 0 Å². The van der Waals surface area contributed by atoms with E-state index >= 15 is 0 Å². The van der Waals surface area contributed by atoms with Crippen LogP contribution in [0.1, 0.15) is 17.2 Å². The van der Waals surface area contributed by atoms with E-state index in [-0.39, 0.29) is 23.2 Å². The second-order valence-electron chi connectivity index (χ2n) is 6.98. The molecule has 0 aliphatic carbocycles. The number of amides is 1. The second kappa shape index (κ2) is 7.90. The van der Waals surface area contributed by atoms with E-state index in [1.165, 1.54) is 35.2 Å². The molecule has 2 aromatic carbocycles. The highest BCUT2D eigenvalue weighted by molar-refractivity contribution is 6.46. The number of nitrogens with one attached hydrogen (secondary N) is 1. The fourth-order valence-electron chi connectivity index (χ4n) is 3.24. The van der Waals surface area contributed by atoms with Gasteiger partial charge in [-0.25, -0.2) is 8.78 Å². The van der Waals surface area contributed by atoms with Crippen molar-refractivity contribution in [2.75, 3.05) is 27.2 Å². The minimum Gasteiger partial charge on any atom is -0.507 e. The van der Waals surface area contributed by atoms with Gasteiger partial charge in [-0.1, -0.05) is 18.2 Å². The van der Waals surface area contributed by atoms with Crippen LogP contribution in [0.2, 0.25) is 0 Å². The van der Waals surface area contributed by atoms with Crippen LogP contribution in [0.3, 0.4) is 0 Å². The summed E-state index contributed by atoms with van der Waals surface area (Å²) in [6, 6.07) is 9.68. The molecule has 1 heterocycles. The van der Waals surface area contributed by atoms with Gasteiger partial charge in [0.15, 0.2) is 0 Å². The third-order valence-corrected chi connectivity index (χ3v) is 4.71. The molecular weight excluding hydrogens is 366 g/mol. The summed E-state index contributed by atoms with van der Waals surface area (Å²) in [6.45, 7) is 0.751. The van der Waals surface area contributed by atoms with Crippen LogP contribution in [0.15, 0.2) is 54.1 Å². The fraction of sp³-hybridized carbons (Fsp3) is 0.238. The number of rotatable bonds is 5. The maximum atomic E-state index is 14.6. The smallest absolute Gasteiger partial charge is 0.295 e. The first-order valence-corrected chi connectivity index (χ1v) is 8.89. The Bertz CT molecular complexity index is 939. The first-order valence-electron chi connectivity index (χ1n) is 8.89. The number of aliphatic hydroxyl groups is 1. The molecule has 0 saturated carbocycles. The molecule has 5 nitrogen and oxygen atoms in total. The molecule has 0 aromatic heterocycles. The number of carbonyl (C=O) groups excluding carboxylic acids is 2. The Morgan fingerprint density at radius 1 is 1.07 bits per heavy atom. The Kier molecular flexibility index (Phi) is 5.56. The predicted molar refractivity (Wildman–Crippen MR) is 99.5 cm³/mol. The van der Waals surface area contributed by atoms with Crippen LogP contribution in [-0.4, -0.2) is 48.9 Å². The van der Waals surface area contributed by atoms with Crippen molar-refractivity contribution in [2.45, 2.75) is 6.04 Å². The van der Waals surface area contributed by atoms with Crippen molar-refractivity contribution in [1.29, 1.82) is 0 Å². The van der Waals surface area contributed by atoms with Crippen molar-refractivity contribution in [3.05, 3.63) is 76.9 Å². The summed E-state index contributed by atoms with van der Waals surface area (Å²) >= 11 is 0. The van der Waals surface area contributed by atoms with Gasteiger partial charge in [-0.05, 0) is 30.3 Å². The van der Waals surface area contributed by atoms with Gasteiger partial charge < -0.3 is 14.9 Å². The zero-order valence-corrected chi connectivity index (χ0v) is 15.6. The van der Waals surface area contributed by atoms with Crippen LogP contribution in [0, 0.1) is 11.6 Å². The molecule has 2 N–H and O–H groups in total. The maximum Gasteiger partial charge on any atom is 0.295 e. The Morgan fingerprint density at radius 2 is 1.71 bits per heavy atom. The van der Waals surface area contributed by atoms with Crippen LogP contribution in [-0.2, 0) is 9.59 Å². The molecule has 0 unspecified atom stereocenters. The molecule has 0 spiro atoms. The Hall–Kier alpha value is -3.06. The van der Waals surface area contributed by atoms with Gasteiger partial charge in [-0.15, -0.1) is 0 Å². The Morgan fingerprint density at radius 3 is 2.32 bits per heavy atom. The maximum absolute atomic E-state index is 14.6. The molecule has 1 aliphatic rings. The van der Waals surface area contributed by atoms with Gasteiger partial charge in [-0.2, -0.15) is 0 Å². The van der Waals surface area contributed by atoms with Gasteiger partial charge in [-0.3, -0.25) is 9.59 Å². The monoisotopic (exact) mass is 387 g/mol. The van der Waals surface area contributed by atoms with Gasteiger partial charge in [0.25, 0.3) is 11.7 Å². The number of likely N-dealkylation sites (tertiary alicyclic amines) is 1. The molecule has 1 aliphatic heterocycles. The third kappa shape index (κ3) is 3.66. The molecule has 146 valence electrons. The van der Waals surface area contributed by atoms with Crippen LogP contribution in [0.4, 0.5) is 8.78 Å². The van der Waals surface area contributed by atoms with E-state index in [2.05, 4.69) is 0 Å². The molecule has 0 bridgehead atoms. The summed E-state index contributed by atoms with van der Waals surface area (Å²) in [7, 11) is 3.79. The Balaban J connectivity index is 2.16. The summed E-state index contributed by atoms with van der Waals surface area (Å²) < 4.78 is 27.8. The highest BCUT2D eigenvalue weighted by Gasteiger charge is 2.47. The molecule has 2 aromatic rings.